The van der Waals surface area contributed by atoms with E-state index in [0.717, 1.165) is 43.6 Å². The Morgan fingerprint density at radius 2 is 1.66 bits per heavy atom. The quantitative estimate of drug-likeness (QED) is 0.728. The number of benzene rings is 2. The SMILES string of the molecule is Cc1ccc(C(F)(F)F)cc1C(=O)NC(c1ccccc1)C(C)(C)N1CCCC1. The number of hydrogen-bond acceptors (Lipinski definition) is 2. The largest absolute Gasteiger partial charge is 0.416 e. The van der Waals surface area contributed by atoms with Crippen molar-refractivity contribution in [1.29, 1.82) is 0 Å². The number of amides is 1. The second-order valence-corrected chi connectivity index (χ2v) is 8.19. The van der Waals surface area contributed by atoms with Gasteiger partial charge in [-0.1, -0.05) is 36.4 Å². The molecule has 1 fully saturated rings. The molecule has 2 aromatic carbocycles. The molecule has 0 bridgehead atoms. The summed E-state index contributed by atoms with van der Waals surface area (Å²) in [7, 11) is 0. The van der Waals surface area contributed by atoms with Crippen molar-refractivity contribution in [3.8, 4) is 0 Å². The van der Waals surface area contributed by atoms with Gasteiger partial charge in [-0.2, -0.15) is 13.2 Å². The molecule has 3 nitrogen and oxygen atoms in total. The molecule has 156 valence electrons. The Bertz CT molecular complexity index is 856. The molecule has 6 heteroatoms. The molecular weight excluding hydrogens is 377 g/mol. The normalized spacial score (nSPS) is 16.6. The molecule has 0 saturated carbocycles. The monoisotopic (exact) mass is 404 g/mol. The Morgan fingerprint density at radius 1 is 1.03 bits per heavy atom. The van der Waals surface area contributed by atoms with E-state index in [-0.39, 0.29) is 17.1 Å². The van der Waals surface area contributed by atoms with Gasteiger partial charge in [0, 0.05) is 11.1 Å². The molecule has 1 N–H and O–H groups in total. The lowest BCUT2D eigenvalue weighted by Gasteiger charge is -2.42. The number of carbonyl (C=O) groups excluding carboxylic acids is 1. The topological polar surface area (TPSA) is 32.3 Å². The van der Waals surface area contributed by atoms with Crippen LogP contribution >= 0.6 is 0 Å². The predicted octanol–water partition coefficient (Wildman–Crippen LogP) is 5.36. The van der Waals surface area contributed by atoms with E-state index < -0.39 is 17.6 Å². The van der Waals surface area contributed by atoms with Crippen molar-refractivity contribution in [3.63, 3.8) is 0 Å². The van der Waals surface area contributed by atoms with Crippen LogP contribution in [0.1, 0.15) is 59.8 Å². The number of alkyl halides is 3. The van der Waals surface area contributed by atoms with Gasteiger partial charge in [0.2, 0.25) is 0 Å². The van der Waals surface area contributed by atoms with Crippen molar-refractivity contribution in [3.05, 3.63) is 70.8 Å². The van der Waals surface area contributed by atoms with Gasteiger partial charge in [-0.05, 0) is 70.0 Å². The molecule has 1 atom stereocenters. The van der Waals surface area contributed by atoms with Crippen molar-refractivity contribution in [2.24, 2.45) is 0 Å². The highest BCUT2D eigenvalue weighted by Crippen LogP contribution is 2.35. The number of carbonyl (C=O) groups is 1. The Morgan fingerprint density at radius 3 is 2.24 bits per heavy atom. The number of hydrogen-bond donors (Lipinski definition) is 1. The highest BCUT2D eigenvalue weighted by molar-refractivity contribution is 5.96. The van der Waals surface area contributed by atoms with Gasteiger partial charge in [0.15, 0.2) is 0 Å². The fourth-order valence-electron chi connectivity index (χ4n) is 4.04. The first-order valence-electron chi connectivity index (χ1n) is 9.89. The third kappa shape index (κ3) is 4.64. The third-order valence-electron chi connectivity index (χ3n) is 5.85. The van der Waals surface area contributed by atoms with Crippen LogP contribution in [0.4, 0.5) is 13.2 Å². The van der Waals surface area contributed by atoms with Crippen molar-refractivity contribution >= 4 is 5.91 Å². The van der Waals surface area contributed by atoms with Crippen molar-refractivity contribution in [1.82, 2.24) is 10.2 Å². The van der Waals surface area contributed by atoms with E-state index in [1.54, 1.807) is 6.92 Å². The second-order valence-electron chi connectivity index (χ2n) is 8.19. The van der Waals surface area contributed by atoms with E-state index in [2.05, 4.69) is 24.1 Å². The van der Waals surface area contributed by atoms with E-state index >= 15 is 0 Å². The molecule has 1 saturated heterocycles. The minimum atomic E-state index is -4.49. The van der Waals surface area contributed by atoms with Crippen molar-refractivity contribution in [2.45, 2.75) is 51.4 Å². The standard InChI is InChI=1S/C23H27F3N2O/c1-16-11-12-18(23(24,25)26)15-19(16)21(29)27-20(17-9-5-4-6-10-17)22(2,3)28-13-7-8-14-28/h4-6,9-12,15,20H,7-8,13-14H2,1-3H3,(H,27,29). The van der Waals surface area contributed by atoms with Crippen LogP contribution in [0.2, 0.25) is 0 Å². The molecule has 1 amide bonds. The minimum Gasteiger partial charge on any atom is -0.343 e. The van der Waals surface area contributed by atoms with Gasteiger partial charge in [0.1, 0.15) is 0 Å². The summed E-state index contributed by atoms with van der Waals surface area (Å²) in [5, 5.41) is 3.04. The van der Waals surface area contributed by atoms with Crippen LogP contribution in [0.25, 0.3) is 0 Å². The van der Waals surface area contributed by atoms with Gasteiger partial charge < -0.3 is 5.32 Å². The summed E-state index contributed by atoms with van der Waals surface area (Å²) < 4.78 is 39.4. The summed E-state index contributed by atoms with van der Waals surface area (Å²) in [5.41, 5.74) is 0.299. The smallest absolute Gasteiger partial charge is 0.343 e. The van der Waals surface area contributed by atoms with E-state index in [1.807, 2.05) is 30.3 Å². The Labute approximate surface area is 169 Å². The van der Waals surface area contributed by atoms with E-state index in [0.29, 0.717) is 5.56 Å². The number of nitrogens with zero attached hydrogens (tertiary/aromatic N) is 1. The molecule has 3 rings (SSSR count). The van der Waals surface area contributed by atoms with Crippen LogP contribution in [-0.2, 0) is 6.18 Å². The first-order valence-corrected chi connectivity index (χ1v) is 9.89. The second kappa shape index (κ2) is 8.19. The first kappa shape index (κ1) is 21.4. The third-order valence-corrected chi connectivity index (χ3v) is 5.85. The van der Waals surface area contributed by atoms with Crippen molar-refractivity contribution < 1.29 is 18.0 Å². The van der Waals surface area contributed by atoms with Gasteiger partial charge >= 0.3 is 6.18 Å². The summed E-state index contributed by atoms with van der Waals surface area (Å²) in [6, 6.07) is 12.5. The number of likely N-dealkylation sites (tertiary alicyclic amines) is 1. The highest BCUT2D eigenvalue weighted by Gasteiger charge is 2.39. The molecule has 1 aliphatic rings. The average Bonchev–Trinajstić information content (AvgIpc) is 3.21. The summed E-state index contributed by atoms with van der Waals surface area (Å²) in [6.45, 7) is 7.69. The molecule has 1 unspecified atom stereocenters. The maximum Gasteiger partial charge on any atom is 0.416 e. The Kier molecular flexibility index (Phi) is 6.03. The van der Waals surface area contributed by atoms with Gasteiger partial charge in [0.25, 0.3) is 5.91 Å². The van der Waals surface area contributed by atoms with Crippen LogP contribution in [-0.4, -0.2) is 29.4 Å². The summed E-state index contributed by atoms with van der Waals surface area (Å²) >= 11 is 0. The van der Waals surface area contributed by atoms with Gasteiger partial charge in [-0.3, -0.25) is 9.69 Å². The molecule has 1 heterocycles. The molecule has 29 heavy (non-hydrogen) atoms. The van der Waals surface area contributed by atoms with E-state index in [1.165, 1.54) is 6.07 Å². The fourth-order valence-corrected chi connectivity index (χ4v) is 4.04. The molecule has 1 aliphatic heterocycles. The minimum absolute atomic E-state index is 0.0537. The van der Waals surface area contributed by atoms with Crippen LogP contribution in [0.3, 0.4) is 0 Å². The maximum absolute atomic E-state index is 13.1. The zero-order chi connectivity index (χ0) is 21.2. The molecule has 0 aromatic heterocycles. The Balaban J connectivity index is 1.95. The summed E-state index contributed by atoms with van der Waals surface area (Å²) in [5.74, 6) is -0.491. The number of nitrogens with one attached hydrogen (secondary N) is 1. The molecule has 0 spiro atoms. The van der Waals surface area contributed by atoms with E-state index in [4.69, 9.17) is 0 Å². The van der Waals surface area contributed by atoms with Gasteiger partial charge in [-0.15, -0.1) is 0 Å². The van der Waals surface area contributed by atoms with E-state index in [9.17, 15) is 18.0 Å². The average molecular weight is 404 g/mol. The van der Waals surface area contributed by atoms with Gasteiger partial charge in [-0.25, -0.2) is 0 Å². The van der Waals surface area contributed by atoms with Crippen molar-refractivity contribution in [2.75, 3.05) is 13.1 Å². The van der Waals surface area contributed by atoms with Crippen LogP contribution in [0.15, 0.2) is 48.5 Å². The summed E-state index contributed by atoms with van der Waals surface area (Å²) in [4.78, 5) is 15.4. The van der Waals surface area contributed by atoms with Gasteiger partial charge in [0.05, 0.1) is 11.6 Å². The molecular formula is C23H27F3N2O. The first-order chi connectivity index (χ1) is 13.6. The molecule has 2 aromatic rings. The lowest BCUT2D eigenvalue weighted by molar-refractivity contribution is -0.137. The maximum atomic E-state index is 13.1. The highest BCUT2D eigenvalue weighted by atomic mass is 19.4. The fraction of sp³-hybridized carbons (Fsp3) is 0.435. The predicted molar refractivity (Wildman–Crippen MR) is 108 cm³/mol. The molecule has 0 aliphatic carbocycles. The lowest BCUT2D eigenvalue weighted by Crippen LogP contribution is -2.52. The summed E-state index contributed by atoms with van der Waals surface area (Å²) in [6.07, 6.45) is -2.28. The number of aryl methyl sites for hydroxylation is 1. The lowest BCUT2D eigenvalue weighted by atomic mass is 9.86. The number of halogens is 3. The van der Waals surface area contributed by atoms with Crippen LogP contribution in [0, 0.1) is 6.92 Å². The zero-order valence-electron chi connectivity index (χ0n) is 17.0. The molecule has 0 radical (unpaired) electrons. The number of rotatable bonds is 5. The van der Waals surface area contributed by atoms with Crippen LogP contribution < -0.4 is 5.32 Å². The Hall–Kier alpha value is -2.34. The zero-order valence-corrected chi connectivity index (χ0v) is 17.0. The van der Waals surface area contributed by atoms with Crippen LogP contribution in [0.5, 0.6) is 0 Å².